The number of esters is 1. The summed E-state index contributed by atoms with van der Waals surface area (Å²) in [5, 5.41) is 0. The Morgan fingerprint density at radius 3 is 2.56 bits per heavy atom. The van der Waals surface area contributed by atoms with E-state index in [1.807, 2.05) is 43.3 Å². The monoisotopic (exact) mass is 565 g/mol. The topological polar surface area (TPSA) is 107 Å². The van der Waals surface area contributed by atoms with Crippen molar-refractivity contribution in [3.63, 3.8) is 0 Å². The van der Waals surface area contributed by atoms with E-state index in [4.69, 9.17) is 9.47 Å². The van der Waals surface area contributed by atoms with E-state index in [1.54, 1.807) is 10.6 Å². The molecule has 0 bridgehead atoms. The quantitative estimate of drug-likeness (QED) is 0.312. The molecular formula is C28H27N3O6S2. The molecule has 1 aliphatic heterocycles. The van der Waals surface area contributed by atoms with Gasteiger partial charge in [0.1, 0.15) is 12.3 Å². The van der Waals surface area contributed by atoms with Crippen molar-refractivity contribution in [1.82, 2.24) is 4.57 Å². The predicted molar refractivity (Wildman–Crippen MR) is 149 cm³/mol. The molecule has 4 aromatic rings. The van der Waals surface area contributed by atoms with Crippen molar-refractivity contribution >= 4 is 49.1 Å². The van der Waals surface area contributed by atoms with E-state index in [9.17, 15) is 18.0 Å². The van der Waals surface area contributed by atoms with Gasteiger partial charge in [0, 0.05) is 12.1 Å². The molecule has 0 radical (unpaired) electrons. The van der Waals surface area contributed by atoms with Crippen molar-refractivity contribution in [2.24, 2.45) is 4.99 Å². The van der Waals surface area contributed by atoms with Gasteiger partial charge in [-0.05, 0) is 73.9 Å². The van der Waals surface area contributed by atoms with Crippen molar-refractivity contribution in [2.45, 2.75) is 31.2 Å². The van der Waals surface area contributed by atoms with Gasteiger partial charge in [-0.15, -0.1) is 0 Å². The lowest BCUT2D eigenvalue weighted by atomic mass is 10.0. The lowest BCUT2D eigenvalue weighted by molar-refractivity contribution is -0.141. The first-order valence-electron chi connectivity index (χ1n) is 12.4. The first kappa shape index (κ1) is 26.6. The zero-order chi connectivity index (χ0) is 27.6. The van der Waals surface area contributed by atoms with Crippen molar-refractivity contribution in [3.05, 3.63) is 82.7 Å². The number of aromatic nitrogens is 1. The number of hydrogen-bond acceptors (Lipinski definition) is 7. The molecular weight excluding hydrogens is 538 g/mol. The van der Waals surface area contributed by atoms with Gasteiger partial charge < -0.3 is 14.0 Å². The maximum atomic E-state index is 13.4. The van der Waals surface area contributed by atoms with Gasteiger partial charge in [0.2, 0.25) is 0 Å². The van der Waals surface area contributed by atoms with Crippen LogP contribution >= 0.6 is 11.3 Å². The van der Waals surface area contributed by atoms with Gasteiger partial charge in [0.25, 0.3) is 15.9 Å². The molecule has 9 nitrogen and oxygen atoms in total. The number of fused-ring (bicyclic) bond motifs is 2. The number of thiazole rings is 1. The van der Waals surface area contributed by atoms with Gasteiger partial charge in [0.15, 0.2) is 4.80 Å². The van der Waals surface area contributed by atoms with Gasteiger partial charge >= 0.3 is 5.97 Å². The summed E-state index contributed by atoms with van der Waals surface area (Å²) in [5.41, 5.74) is 2.62. The summed E-state index contributed by atoms with van der Waals surface area (Å²) in [6.07, 6.45) is 1.57. The number of aryl methyl sites for hydroxylation is 1. The van der Waals surface area contributed by atoms with E-state index in [0.29, 0.717) is 34.9 Å². The van der Waals surface area contributed by atoms with E-state index >= 15 is 0 Å². The smallest absolute Gasteiger partial charge is 0.325 e. The molecule has 3 aromatic carbocycles. The molecule has 0 saturated carbocycles. The average Bonchev–Trinajstić information content (AvgIpc) is 3.28. The molecule has 0 aliphatic carbocycles. The predicted octanol–water partition coefficient (Wildman–Crippen LogP) is 4.16. The maximum absolute atomic E-state index is 13.4. The highest BCUT2D eigenvalue weighted by molar-refractivity contribution is 7.92. The minimum absolute atomic E-state index is 0.0989. The lowest BCUT2D eigenvalue weighted by Gasteiger charge is -2.30. The lowest BCUT2D eigenvalue weighted by Crippen LogP contribution is -2.35. The second-order valence-electron chi connectivity index (χ2n) is 8.86. The summed E-state index contributed by atoms with van der Waals surface area (Å²) in [4.78, 5) is 29.9. The van der Waals surface area contributed by atoms with Crippen molar-refractivity contribution in [1.29, 1.82) is 0 Å². The molecule has 0 fully saturated rings. The van der Waals surface area contributed by atoms with Gasteiger partial charge in [-0.25, -0.2) is 8.42 Å². The van der Waals surface area contributed by atoms with Crippen LogP contribution in [-0.2, 0) is 32.5 Å². The Morgan fingerprint density at radius 1 is 1.05 bits per heavy atom. The first-order chi connectivity index (χ1) is 18.8. The molecule has 0 N–H and O–H groups in total. The molecule has 0 atom stereocenters. The van der Waals surface area contributed by atoms with E-state index in [0.717, 1.165) is 23.1 Å². The molecule has 1 aliphatic rings. The fourth-order valence-electron chi connectivity index (χ4n) is 4.54. The zero-order valence-electron chi connectivity index (χ0n) is 21.5. The Hall–Kier alpha value is -3.96. The third-order valence-electron chi connectivity index (χ3n) is 6.43. The molecule has 0 unspecified atom stereocenters. The zero-order valence-corrected chi connectivity index (χ0v) is 23.1. The van der Waals surface area contributed by atoms with Crippen LogP contribution in [0.5, 0.6) is 5.75 Å². The standard InChI is InChI=1S/C28H27N3O6S2/c1-3-37-21-12-15-24-25(17-21)38-28(30(24)18-26(32)36-2)29-27(33)20-10-13-22(14-11-20)39(34,35)31-16-6-8-19-7-4-5-9-23(19)31/h4-5,7,9-15,17H,3,6,8,16,18H2,1-2H3. The molecule has 11 heteroatoms. The van der Waals surface area contributed by atoms with Crippen molar-refractivity contribution < 1.29 is 27.5 Å². The molecule has 1 aromatic heterocycles. The third-order valence-corrected chi connectivity index (χ3v) is 9.30. The van der Waals surface area contributed by atoms with Gasteiger partial charge in [-0.2, -0.15) is 4.99 Å². The Morgan fingerprint density at radius 2 is 1.82 bits per heavy atom. The molecule has 2 heterocycles. The van der Waals surface area contributed by atoms with Crippen LogP contribution in [0.4, 0.5) is 5.69 Å². The minimum Gasteiger partial charge on any atom is -0.494 e. The van der Waals surface area contributed by atoms with Crippen LogP contribution in [0, 0.1) is 0 Å². The molecule has 39 heavy (non-hydrogen) atoms. The van der Waals surface area contributed by atoms with Gasteiger partial charge in [-0.3, -0.25) is 13.9 Å². The van der Waals surface area contributed by atoms with E-state index < -0.39 is 21.9 Å². The summed E-state index contributed by atoms with van der Waals surface area (Å²) >= 11 is 1.24. The van der Waals surface area contributed by atoms with Crippen LogP contribution in [0.15, 0.2) is 76.6 Å². The summed E-state index contributed by atoms with van der Waals surface area (Å²) in [6.45, 7) is 2.67. The Bertz CT molecular complexity index is 1720. The average molecular weight is 566 g/mol. The highest BCUT2D eigenvalue weighted by atomic mass is 32.2. The number of carbonyl (C=O) groups is 2. The Labute approximate surface area is 230 Å². The van der Waals surface area contributed by atoms with E-state index in [1.165, 1.54) is 47.0 Å². The third kappa shape index (κ3) is 5.32. The molecule has 202 valence electrons. The number of anilines is 1. The summed E-state index contributed by atoms with van der Waals surface area (Å²) in [5.74, 6) is -0.369. The second kappa shape index (κ2) is 11.0. The number of hydrogen-bond donors (Lipinski definition) is 0. The minimum atomic E-state index is -3.80. The number of ether oxygens (including phenoxy) is 2. The summed E-state index contributed by atoms with van der Waals surface area (Å²) in [6, 6.07) is 18.7. The summed E-state index contributed by atoms with van der Waals surface area (Å²) < 4.78 is 41.1. The highest BCUT2D eigenvalue weighted by Gasteiger charge is 2.29. The number of methoxy groups -OCH3 is 1. The van der Waals surface area contributed by atoms with Crippen LogP contribution in [0.3, 0.4) is 0 Å². The molecule has 0 spiro atoms. The number of sulfonamides is 1. The number of nitrogens with zero attached hydrogens (tertiary/aromatic N) is 3. The second-order valence-corrected chi connectivity index (χ2v) is 11.7. The Kier molecular flexibility index (Phi) is 7.53. The number of rotatable bonds is 7. The Balaban J connectivity index is 1.47. The number of para-hydroxylation sites is 1. The highest BCUT2D eigenvalue weighted by Crippen LogP contribution is 2.32. The fourth-order valence-corrected chi connectivity index (χ4v) is 7.14. The largest absolute Gasteiger partial charge is 0.494 e. The SMILES string of the molecule is CCOc1ccc2c(c1)sc(=NC(=O)c1ccc(S(=O)(=O)N3CCCc4ccccc43)cc1)n2CC(=O)OC. The maximum Gasteiger partial charge on any atom is 0.325 e. The van der Waals surface area contributed by atoms with Crippen molar-refractivity contribution in [3.8, 4) is 5.75 Å². The molecule has 1 amide bonds. The van der Waals surface area contributed by atoms with Crippen LogP contribution in [-0.4, -0.2) is 45.1 Å². The number of carbonyl (C=O) groups excluding carboxylic acids is 2. The number of amides is 1. The van der Waals surface area contributed by atoms with Crippen LogP contribution in [0.25, 0.3) is 10.2 Å². The first-order valence-corrected chi connectivity index (χ1v) is 14.7. The molecule has 0 saturated heterocycles. The summed E-state index contributed by atoms with van der Waals surface area (Å²) in [7, 11) is -2.50. The van der Waals surface area contributed by atoms with E-state index in [2.05, 4.69) is 4.99 Å². The van der Waals surface area contributed by atoms with Crippen LogP contribution in [0.1, 0.15) is 29.3 Å². The number of benzene rings is 3. The van der Waals surface area contributed by atoms with Gasteiger partial charge in [0.05, 0.1) is 34.5 Å². The van der Waals surface area contributed by atoms with Gasteiger partial charge in [-0.1, -0.05) is 29.5 Å². The van der Waals surface area contributed by atoms with Crippen LogP contribution < -0.4 is 13.8 Å². The van der Waals surface area contributed by atoms with Crippen LogP contribution in [0.2, 0.25) is 0 Å². The molecule has 5 rings (SSSR count). The van der Waals surface area contributed by atoms with Crippen molar-refractivity contribution in [2.75, 3.05) is 24.6 Å². The van der Waals surface area contributed by atoms with E-state index in [-0.39, 0.29) is 17.0 Å². The normalized spacial score (nSPS) is 13.8. The fraction of sp³-hybridized carbons (Fsp3) is 0.250.